The lowest BCUT2D eigenvalue weighted by Gasteiger charge is -2.10. The maximum absolute atomic E-state index is 13.0. The number of imidazole rings is 2. The molecule has 32 heavy (non-hydrogen) atoms. The summed E-state index contributed by atoms with van der Waals surface area (Å²) in [7, 11) is 4.62. The largest absolute Gasteiger partial charge is 0.495 e. The molecule has 0 saturated carbocycles. The monoisotopic (exact) mass is 450 g/mol. The molecule has 0 N–H and O–H groups in total. The zero-order chi connectivity index (χ0) is 22.6. The van der Waals surface area contributed by atoms with Crippen molar-refractivity contribution >= 4 is 28.5 Å². The number of halogens is 1. The second-order valence-corrected chi connectivity index (χ2v) is 7.88. The van der Waals surface area contributed by atoms with Crippen molar-refractivity contribution in [2.24, 2.45) is 14.1 Å². The normalized spacial score (nSPS) is 11.5. The number of ether oxygens (including phenoxy) is 1. The van der Waals surface area contributed by atoms with Gasteiger partial charge in [0.25, 0.3) is 5.56 Å². The lowest BCUT2D eigenvalue weighted by Crippen LogP contribution is -2.37. The third kappa shape index (κ3) is 2.93. The molecule has 1 aromatic carbocycles. The van der Waals surface area contributed by atoms with Gasteiger partial charge in [0.05, 0.1) is 24.4 Å². The second kappa shape index (κ2) is 7.38. The van der Waals surface area contributed by atoms with Crippen LogP contribution in [0.1, 0.15) is 5.56 Å². The summed E-state index contributed by atoms with van der Waals surface area (Å²) in [5.74, 6) is 1.10. The minimum atomic E-state index is -0.427. The summed E-state index contributed by atoms with van der Waals surface area (Å²) in [6.45, 7) is 0.459. The van der Waals surface area contributed by atoms with Crippen molar-refractivity contribution in [2.45, 2.75) is 6.54 Å². The van der Waals surface area contributed by atoms with E-state index in [1.165, 1.54) is 11.6 Å². The first kappa shape index (κ1) is 20.1. The Labute approximate surface area is 186 Å². The van der Waals surface area contributed by atoms with Crippen LogP contribution < -0.4 is 16.0 Å². The molecule has 0 bridgehead atoms. The number of methoxy groups -OCH3 is 1. The molecule has 5 aromatic rings. The van der Waals surface area contributed by atoms with E-state index in [2.05, 4.69) is 9.97 Å². The summed E-state index contributed by atoms with van der Waals surface area (Å²) in [5, 5.41) is 0.472. The average molecular weight is 451 g/mol. The Kier molecular flexibility index (Phi) is 4.63. The molecule has 0 unspecified atom stereocenters. The highest BCUT2D eigenvalue weighted by molar-refractivity contribution is 6.32. The van der Waals surface area contributed by atoms with E-state index in [-0.39, 0.29) is 0 Å². The number of pyridine rings is 1. The molecular formula is C22H19ClN6O3. The minimum Gasteiger partial charge on any atom is -0.495 e. The molecule has 0 spiro atoms. The van der Waals surface area contributed by atoms with Gasteiger partial charge in [-0.3, -0.25) is 23.3 Å². The summed E-state index contributed by atoms with van der Waals surface area (Å²) in [6.07, 6.45) is 5.33. The van der Waals surface area contributed by atoms with Crippen LogP contribution in [0.15, 0.2) is 58.5 Å². The van der Waals surface area contributed by atoms with Crippen LogP contribution in [0.25, 0.3) is 28.2 Å². The highest BCUT2D eigenvalue weighted by Gasteiger charge is 2.21. The van der Waals surface area contributed by atoms with E-state index >= 15 is 0 Å². The van der Waals surface area contributed by atoms with Gasteiger partial charge in [0, 0.05) is 38.2 Å². The lowest BCUT2D eigenvalue weighted by atomic mass is 10.1. The Balaban J connectivity index is 1.85. The summed E-state index contributed by atoms with van der Waals surface area (Å²) in [6, 6.07) is 9.33. The molecular weight excluding hydrogens is 432 g/mol. The Morgan fingerprint density at radius 3 is 2.62 bits per heavy atom. The molecule has 0 aliphatic heterocycles. The van der Waals surface area contributed by atoms with E-state index in [0.717, 1.165) is 21.4 Å². The molecule has 0 saturated heterocycles. The molecule has 0 amide bonds. The van der Waals surface area contributed by atoms with E-state index in [1.807, 2.05) is 35.0 Å². The first-order valence-electron chi connectivity index (χ1n) is 9.81. The van der Waals surface area contributed by atoms with Crippen molar-refractivity contribution in [1.82, 2.24) is 28.1 Å². The van der Waals surface area contributed by atoms with Gasteiger partial charge in [-0.05, 0) is 29.8 Å². The molecule has 0 radical (unpaired) electrons. The predicted octanol–water partition coefficient (Wildman–Crippen LogP) is 2.46. The Hall–Kier alpha value is -3.85. The van der Waals surface area contributed by atoms with Gasteiger partial charge in [-0.25, -0.2) is 4.79 Å². The molecule has 0 fully saturated rings. The van der Waals surface area contributed by atoms with Crippen LogP contribution in [0.3, 0.4) is 0 Å². The van der Waals surface area contributed by atoms with E-state index in [0.29, 0.717) is 34.3 Å². The molecule has 4 heterocycles. The molecule has 4 aromatic heterocycles. The van der Waals surface area contributed by atoms with Crippen molar-refractivity contribution in [1.29, 1.82) is 0 Å². The minimum absolute atomic E-state index is 0.326. The Morgan fingerprint density at radius 1 is 1.12 bits per heavy atom. The van der Waals surface area contributed by atoms with Crippen LogP contribution in [-0.4, -0.2) is 35.2 Å². The first-order valence-corrected chi connectivity index (χ1v) is 10.2. The SMILES string of the molecule is COc1ccc(-c2cn3c4c(=O)n(C)c(=O)n(C)c4nc3n2Cc2cccnc2)cc1Cl. The number of hydrogen-bond donors (Lipinski definition) is 0. The number of aromatic nitrogens is 6. The zero-order valence-corrected chi connectivity index (χ0v) is 18.4. The fourth-order valence-electron chi connectivity index (χ4n) is 3.90. The molecule has 10 heteroatoms. The van der Waals surface area contributed by atoms with E-state index in [1.54, 1.807) is 37.0 Å². The van der Waals surface area contributed by atoms with Crippen molar-refractivity contribution in [2.75, 3.05) is 7.11 Å². The fraction of sp³-hybridized carbons (Fsp3) is 0.182. The maximum Gasteiger partial charge on any atom is 0.332 e. The van der Waals surface area contributed by atoms with Gasteiger partial charge in [-0.15, -0.1) is 0 Å². The van der Waals surface area contributed by atoms with Crippen LogP contribution in [0, 0.1) is 0 Å². The lowest BCUT2D eigenvalue weighted by molar-refractivity contribution is 0.415. The second-order valence-electron chi connectivity index (χ2n) is 7.47. The number of aryl methyl sites for hydroxylation is 1. The number of nitrogens with zero attached hydrogens (tertiary/aromatic N) is 6. The van der Waals surface area contributed by atoms with E-state index < -0.39 is 11.2 Å². The van der Waals surface area contributed by atoms with Crippen LogP contribution in [0.4, 0.5) is 0 Å². The molecule has 9 nitrogen and oxygen atoms in total. The van der Waals surface area contributed by atoms with E-state index in [9.17, 15) is 9.59 Å². The molecule has 0 aliphatic carbocycles. The van der Waals surface area contributed by atoms with Crippen LogP contribution in [0.5, 0.6) is 5.75 Å². The van der Waals surface area contributed by atoms with Gasteiger partial charge in [0.15, 0.2) is 11.2 Å². The van der Waals surface area contributed by atoms with Crippen LogP contribution in [0.2, 0.25) is 5.02 Å². The molecule has 162 valence electrons. The number of fused-ring (bicyclic) bond motifs is 3. The van der Waals surface area contributed by atoms with Crippen molar-refractivity contribution < 1.29 is 4.74 Å². The van der Waals surface area contributed by atoms with Gasteiger partial charge < -0.3 is 9.30 Å². The topological polar surface area (TPSA) is 88.4 Å². The third-order valence-corrected chi connectivity index (χ3v) is 5.86. The molecule has 5 rings (SSSR count). The van der Waals surface area contributed by atoms with Crippen LogP contribution >= 0.6 is 11.6 Å². The quantitative estimate of drug-likeness (QED) is 0.419. The number of benzene rings is 1. The highest BCUT2D eigenvalue weighted by atomic mass is 35.5. The summed E-state index contributed by atoms with van der Waals surface area (Å²) < 4.78 is 11.4. The van der Waals surface area contributed by atoms with Gasteiger partial charge in [0.2, 0.25) is 5.78 Å². The summed E-state index contributed by atoms with van der Waals surface area (Å²) in [4.78, 5) is 34.2. The summed E-state index contributed by atoms with van der Waals surface area (Å²) >= 11 is 6.39. The maximum atomic E-state index is 13.0. The zero-order valence-electron chi connectivity index (χ0n) is 17.6. The first-order chi connectivity index (χ1) is 15.4. The predicted molar refractivity (Wildman–Crippen MR) is 122 cm³/mol. The van der Waals surface area contributed by atoms with Crippen molar-refractivity contribution in [3.63, 3.8) is 0 Å². The standard InChI is InChI=1S/C22H19ClN6O3/c1-26-19-18(20(30)27(2)22(26)31)29-12-16(14-6-7-17(32-3)15(23)9-14)28(21(29)25-19)11-13-5-4-8-24-10-13/h4-10,12H,11H2,1-3H3. The van der Waals surface area contributed by atoms with Crippen LogP contribution in [-0.2, 0) is 20.6 Å². The third-order valence-electron chi connectivity index (χ3n) is 5.57. The molecule has 0 atom stereocenters. The average Bonchev–Trinajstić information content (AvgIpc) is 3.34. The Bertz CT molecular complexity index is 1610. The van der Waals surface area contributed by atoms with Gasteiger partial charge >= 0.3 is 5.69 Å². The number of hydrogen-bond acceptors (Lipinski definition) is 5. The fourth-order valence-corrected chi connectivity index (χ4v) is 4.16. The highest BCUT2D eigenvalue weighted by Crippen LogP contribution is 2.32. The number of rotatable bonds is 4. The van der Waals surface area contributed by atoms with Gasteiger partial charge in [-0.2, -0.15) is 4.98 Å². The summed E-state index contributed by atoms with van der Waals surface area (Å²) in [5.41, 5.74) is 2.42. The molecule has 0 aliphatic rings. The van der Waals surface area contributed by atoms with Gasteiger partial charge in [-0.1, -0.05) is 17.7 Å². The van der Waals surface area contributed by atoms with E-state index in [4.69, 9.17) is 16.3 Å². The van der Waals surface area contributed by atoms with Gasteiger partial charge in [0.1, 0.15) is 5.75 Å². The van der Waals surface area contributed by atoms with Crippen molar-refractivity contribution in [3.8, 4) is 17.0 Å². The van der Waals surface area contributed by atoms with Crippen molar-refractivity contribution in [3.05, 3.63) is 80.3 Å². The Morgan fingerprint density at radius 2 is 1.94 bits per heavy atom. The smallest absolute Gasteiger partial charge is 0.332 e.